The van der Waals surface area contributed by atoms with Gasteiger partial charge in [0.1, 0.15) is 5.75 Å². The molecule has 0 aliphatic heterocycles. The van der Waals surface area contributed by atoms with Crippen molar-refractivity contribution in [3.8, 4) is 5.75 Å². The second kappa shape index (κ2) is 6.94. The molecule has 0 bridgehead atoms. The highest BCUT2D eigenvalue weighted by Gasteiger charge is 2.18. The molecule has 1 aromatic heterocycles. The Morgan fingerprint density at radius 2 is 2.09 bits per heavy atom. The summed E-state index contributed by atoms with van der Waals surface area (Å²) in [6, 6.07) is 6.99. The standard InChI is InChI=1S/C13H14N4O4S/c1-7(22-12-11(19)15-13(20)17-16-12)10(18)14-8-5-3-4-6-9(8)21-2/h3-7H,1-2H3,(H,14,18)(H2,15,17,19,20)/t7-/m1/s1. The summed E-state index contributed by atoms with van der Waals surface area (Å²) < 4.78 is 5.15. The van der Waals surface area contributed by atoms with Gasteiger partial charge >= 0.3 is 5.69 Å². The molecule has 8 nitrogen and oxygen atoms in total. The number of aromatic amines is 2. The summed E-state index contributed by atoms with van der Waals surface area (Å²) >= 11 is 0.942. The van der Waals surface area contributed by atoms with Gasteiger partial charge < -0.3 is 10.1 Å². The molecule has 116 valence electrons. The Labute approximate surface area is 129 Å². The molecule has 1 atom stereocenters. The van der Waals surface area contributed by atoms with Crippen molar-refractivity contribution in [3.63, 3.8) is 0 Å². The minimum Gasteiger partial charge on any atom is -0.495 e. The fourth-order valence-electron chi connectivity index (χ4n) is 1.62. The number of hydrogen-bond donors (Lipinski definition) is 3. The molecule has 0 saturated carbocycles. The Balaban J connectivity index is 2.09. The van der Waals surface area contributed by atoms with Crippen LogP contribution in [0.4, 0.5) is 5.69 Å². The number of carbonyl (C=O) groups excluding carboxylic acids is 1. The van der Waals surface area contributed by atoms with Crippen molar-refractivity contribution < 1.29 is 9.53 Å². The van der Waals surface area contributed by atoms with Crippen molar-refractivity contribution in [3.05, 3.63) is 45.1 Å². The molecule has 1 heterocycles. The topological polar surface area (TPSA) is 117 Å². The van der Waals surface area contributed by atoms with Gasteiger partial charge in [0, 0.05) is 0 Å². The number of nitrogens with one attached hydrogen (secondary N) is 3. The maximum absolute atomic E-state index is 12.2. The first kappa shape index (κ1) is 15.8. The maximum atomic E-state index is 12.2. The van der Waals surface area contributed by atoms with Gasteiger partial charge in [0.25, 0.3) is 5.56 Å². The third-order valence-electron chi connectivity index (χ3n) is 2.70. The zero-order valence-corrected chi connectivity index (χ0v) is 12.7. The molecule has 0 spiro atoms. The van der Waals surface area contributed by atoms with Crippen molar-refractivity contribution in [1.29, 1.82) is 0 Å². The number of rotatable bonds is 5. The summed E-state index contributed by atoms with van der Waals surface area (Å²) in [5.41, 5.74) is -0.794. The lowest BCUT2D eigenvalue weighted by molar-refractivity contribution is -0.115. The van der Waals surface area contributed by atoms with Crippen LogP contribution in [-0.2, 0) is 4.79 Å². The number of nitrogens with zero attached hydrogens (tertiary/aromatic N) is 1. The van der Waals surface area contributed by atoms with E-state index in [2.05, 4.69) is 15.5 Å². The first-order chi connectivity index (χ1) is 10.5. The van der Waals surface area contributed by atoms with E-state index < -0.39 is 16.5 Å². The summed E-state index contributed by atoms with van der Waals surface area (Å²) in [4.78, 5) is 36.7. The SMILES string of the molecule is COc1ccccc1NC(=O)[C@@H](C)Sc1n[nH]c(=O)[nH]c1=O. The maximum Gasteiger partial charge on any atom is 0.342 e. The smallest absolute Gasteiger partial charge is 0.342 e. The Bertz CT molecular complexity index is 786. The number of H-pyrrole nitrogens is 2. The van der Waals surface area contributed by atoms with Crippen LogP contribution in [0.5, 0.6) is 5.75 Å². The van der Waals surface area contributed by atoms with E-state index in [-0.39, 0.29) is 10.9 Å². The lowest BCUT2D eigenvalue weighted by atomic mass is 10.3. The normalized spacial score (nSPS) is 11.7. The first-order valence-electron chi connectivity index (χ1n) is 6.31. The quantitative estimate of drug-likeness (QED) is 0.694. The van der Waals surface area contributed by atoms with E-state index in [0.29, 0.717) is 11.4 Å². The summed E-state index contributed by atoms with van der Waals surface area (Å²) in [6.45, 7) is 1.63. The Kier molecular flexibility index (Phi) is 4.99. The number of aromatic nitrogens is 3. The highest BCUT2D eigenvalue weighted by atomic mass is 32.2. The van der Waals surface area contributed by atoms with Crippen LogP contribution in [0.3, 0.4) is 0 Å². The van der Waals surface area contributed by atoms with Crippen LogP contribution in [-0.4, -0.2) is 33.4 Å². The van der Waals surface area contributed by atoms with Crippen molar-refractivity contribution in [2.45, 2.75) is 17.2 Å². The highest BCUT2D eigenvalue weighted by Crippen LogP contribution is 2.25. The van der Waals surface area contributed by atoms with Gasteiger partial charge in [0.15, 0.2) is 5.03 Å². The van der Waals surface area contributed by atoms with Crippen LogP contribution in [0, 0.1) is 0 Å². The van der Waals surface area contributed by atoms with E-state index in [0.717, 1.165) is 11.8 Å². The lowest BCUT2D eigenvalue weighted by Gasteiger charge is -2.13. The van der Waals surface area contributed by atoms with E-state index in [1.54, 1.807) is 31.2 Å². The number of hydrogen-bond acceptors (Lipinski definition) is 6. The average Bonchev–Trinajstić information content (AvgIpc) is 2.50. The van der Waals surface area contributed by atoms with Gasteiger partial charge in [-0.05, 0) is 19.1 Å². The molecule has 3 N–H and O–H groups in total. The second-order valence-corrected chi connectivity index (χ2v) is 5.59. The van der Waals surface area contributed by atoms with Crippen molar-refractivity contribution in [1.82, 2.24) is 15.2 Å². The summed E-state index contributed by atoms with van der Waals surface area (Å²) in [6.07, 6.45) is 0. The van der Waals surface area contributed by atoms with Crippen LogP contribution >= 0.6 is 11.8 Å². The fourth-order valence-corrected chi connectivity index (χ4v) is 2.38. The number of thioether (sulfide) groups is 1. The zero-order valence-electron chi connectivity index (χ0n) is 11.9. The predicted molar refractivity (Wildman–Crippen MR) is 82.4 cm³/mol. The summed E-state index contributed by atoms with van der Waals surface area (Å²) in [7, 11) is 1.51. The second-order valence-electron chi connectivity index (χ2n) is 4.26. The van der Waals surface area contributed by atoms with Crippen LogP contribution in [0.1, 0.15) is 6.92 Å². The van der Waals surface area contributed by atoms with E-state index >= 15 is 0 Å². The Hall–Kier alpha value is -2.55. The molecule has 2 aromatic rings. The lowest BCUT2D eigenvalue weighted by Crippen LogP contribution is -2.28. The number of anilines is 1. The molecule has 1 amide bonds. The van der Waals surface area contributed by atoms with Gasteiger partial charge in [0.05, 0.1) is 18.0 Å². The van der Waals surface area contributed by atoms with Crippen LogP contribution in [0.25, 0.3) is 0 Å². The van der Waals surface area contributed by atoms with Gasteiger partial charge in [-0.1, -0.05) is 23.9 Å². The van der Waals surface area contributed by atoms with Crippen LogP contribution < -0.4 is 21.3 Å². The third kappa shape index (κ3) is 3.76. The highest BCUT2D eigenvalue weighted by molar-refractivity contribution is 8.00. The van der Waals surface area contributed by atoms with Crippen molar-refractivity contribution >= 4 is 23.4 Å². The number of ether oxygens (including phenoxy) is 1. The molecule has 0 aliphatic rings. The molecule has 0 saturated heterocycles. The molecule has 22 heavy (non-hydrogen) atoms. The molecule has 9 heteroatoms. The number of carbonyl (C=O) groups is 1. The van der Waals surface area contributed by atoms with Crippen molar-refractivity contribution in [2.24, 2.45) is 0 Å². The predicted octanol–water partition coefficient (Wildman–Crippen LogP) is 0.586. The van der Waals surface area contributed by atoms with Crippen LogP contribution in [0.15, 0.2) is 38.9 Å². The van der Waals surface area contributed by atoms with Gasteiger partial charge in [-0.3, -0.25) is 14.6 Å². The number of amides is 1. The van der Waals surface area contributed by atoms with E-state index in [1.807, 2.05) is 4.98 Å². The van der Waals surface area contributed by atoms with E-state index in [9.17, 15) is 14.4 Å². The molecular weight excluding hydrogens is 308 g/mol. The monoisotopic (exact) mass is 322 g/mol. The summed E-state index contributed by atoms with van der Waals surface area (Å²) in [5.74, 6) is 0.218. The van der Waals surface area contributed by atoms with E-state index in [4.69, 9.17) is 4.74 Å². The molecular formula is C13H14N4O4S. The molecule has 0 radical (unpaired) electrons. The number of para-hydroxylation sites is 2. The molecule has 2 rings (SSSR count). The van der Waals surface area contributed by atoms with E-state index in [1.165, 1.54) is 7.11 Å². The minimum atomic E-state index is -0.694. The third-order valence-corrected chi connectivity index (χ3v) is 3.77. The van der Waals surface area contributed by atoms with Gasteiger partial charge in [-0.25, -0.2) is 9.89 Å². The Morgan fingerprint density at radius 1 is 1.36 bits per heavy atom. The van der Waals surface area contributed by atoms with Crippen molar-refractivity contribution in [2.75, 3.05) is 12.4 Å². The van der Waals surface area contributed by atoms with Gasteiger partial charge in [-0.2, -0.15) is 5.10 Å². The molecule has 1 aromatic carbocycles. The minimum absolute atomic E-state index is 0.0160. The average molecular weight is 322 g/mol. The van der Waals surface area contributed by atoms with Gasteiger partial charge in [-0.15, -0.1) is 0 Å². The van der Waals surface area contributed by atoms with Gasteiger partial charge in [0.2, 0.25) is 5.91 Å². The van der Waals surface area contributed by atoms with Crippen LogP contribution in [0.2, 0.25) is 0 Å². The fraction of sp³-hybridized carbons (Fsp3) is 0.231. The zero-order chi connectivity index (χ0) is 16.1. The molecule has 0 aliphatic carbocycles. The molecule has 0 fully saturated rings. The number of benzene rings is 1. The molecule has 0 unspecified atom stereocenters. The summed E-state index contributed by atoms with van der Waals surface area (Å²) in [5, 5.41) is 7.88. The number of methoxy groups -OCH3 is 1. The largest absolute Gasteiger partial charge is 0.495 e. The first-order valence-corrected chi connectivity index (χ1v) is 7.18. The Morgan fingerprint density at radius 3 is 2.77 bits per heavy atom.